The molecule has 5 heteroatoms. The van der Waals surface area contributed by atoms with Crippen LogP contribution in [0.4, 0.5) is 5.69 Å². The highest BCUT2D eigenvalue weighted by atomic mass is 16.1. The van der Waals surface area contributed by atoms with Crippen molar-refractivity contribution in [2.45, 2.75) is 54.4 Å². The first-order chi connectivity index (χ1) is 15.3. The molecule has 0 saturated carbocycles. The normalized spacial score (nSPS) is 11.8. The Kier molecular flexibility index (Phi) is 11.7. The van der Waals surface area contributed by atoms with Gasteiger partial charge in [0.2, 0.25) is 0 Å². The van der Waals surface area contributed by atoms with E-state index >= 15 is 0 Å². The van der Waals surface area contributed by atoms with Crippen molar-refractivity contribution in [1.82, 2.24) is 5.32 Å². The third-order valence-corrected chi connectivity index (χ3v) is 4.73. The van der Waals surface area contributed by atoms with Crippen LogP contribution >= 0.6 is 0 Å². The predicted octanol–water partition coefficient (Wildman–Crippen LogP) is 6.21. The highest BCUT2D eigenvalue weighted by molar-refractivity contribution is 5.94. The molecule has 2 N–H and O–H groups in total. The number of nitrogens with zero attached hydrogens (tertiary/aromatic N) is 2. The highest BCUT2D eigenvalue weighted by Gasteiger charge is 2.08. The average Bonchev–Trinajstić information content (AvgIpc) is 2.79. The topological polar surface area (TPSA) is 65.8 Å². The van der Waals surface area contributed by atoms with Crippen molar-refractivity contribution in [3.63, 3.8) is 0 Å². The zero-order valence-electron chi connectivity index (χ0n) is 20.8. The standard InChI is InChI=1S/C24H30N4O.C3H8/c1-7-22(19-8-10-20(11-9-19)24(29)26-6)28-18(4)14-21-12-17(3)23(13-16(21)2)27-15-25-5;1-3-2/h7-13,15H,14H2,1-6H3,(H,25,27)(H,26,29);3H2,1-2H3/b22-7-,28-18?;. The molecule has 0 atom stereocenters. The van der Waals surface area contributed by atoms with Crippen LogP contribution in [0.5, 0.6) is 0 Å². The Hall–Kier alpha value is -3.21. The van der Waals surface area contributed by atoms with Gasteiger partial charge in [0, 0.05) is 37.5 Å². The van der Waals surface area contributed by atoms with E-state index < -0.39 is 0 Å². The molecule has 0 fully saturated rings. The van der Waals surface area contributed by atoms with Gasteiger partial charge in [0.05, 0.1) is 12.0 Å². The van der Waals surface area contributed by atoms with E-state index in [4.69, 9.17) is 4.99 Å². The Bertz CT molecular complexity index is 970. The van der Waals surface area contributed by atoms with E-state index in [1.54, 1.807) is 20.4 Å². The van der Waals surface area contributed by atoms with Gasteiger partial charge in [0.25, 0.3) is 5.91 Å². The molecule has 32 heavy (non-hydrogen) atoms. The molecule has 0 aliphatic heterocycles. The van der Waals surface area contributed by atoms with E-state index in [9.17, 15) is 4.79 Å². The van der Waals surface area contributed by atoms with Crippen LogP contribution in [0.25, 0.3) is 5.70 Å². The summed E-state index contributed by atoms with van der Waals surface area (Å²) in [6.45, 7) is 12.5. The number of carbonyl (C=O) groups is 1. The van der Waals surface area contributed by atoms with Gasteiger partial charge in [-0.15, -0.1) is 0 Å². The smallest absolute Gasteiger partial charge is 0.251 e. The lowest BCUT2D eigenvalue weighted by molar-refractivity contribution is 0.0963. The van der Waals surface area contributed by atoms with Gasteiger partial charge in [-0.1, -0.05) is 44.5 Å². The summed E-state index contributed by atoms with van der Waals surface area (Å²) in [6, 6.07) is 11.9. The number of benzene rings is 2. The Labute approximate surface area is 193 Å². The molecule has 0 unspecified atom stereocenters. The van der Waals surface area contributed by atoms with Crippen LogP contribution in [-0.2, 0) is 6.42 Å². The van der Waals surface area contributed by atoms with Gasteiger partial charge in [0.1, 0.15) is 0 Å². The van der Waals surface area contributed by atoms with Crippen molar-refractivity contribution < 1.29 is 4.79 Å². The molecule has 0 aromatic heterocycles. The lowest BCUT2D eigenvalue weighted by Crippen LogP contribution is -2.17. The van der Waals surface area contributed by atoms with E-state index in [1.165, 1.54) is 23.1 Å². The molecule has 2 rings (SSSR count). The van der Waals surface area contributed by atoms with Gasteiger partial charge in [-0.05, 0) is 68.1 Å². The number of aryl methyl sites for hydroxylation is 2. The lowest BCUT2D eigenvalue weighted by Gasteiger charge is -2.12. The van der Waals surface area contributed by atoms with E-state index in [0.717, 1.165) is 29.1 Å². The first kappa shape index (κ1) is 26.8. The van der Waals surface area contributed by atoms with Gasteiger partial charge in [-0.3, -0.25) is 14.8 Å². The van der Waals surface area contributed by atoms with Crippen LogP contribution in [0, 0.1) is 13.8 Å². The van der Waals surface area contributed by atoms with Gasteiger partial charge >= 0.3 is 0 Å². The molecular weight excluding hydrogens is 396 g/mol. The molecule has 5 nitrogen and oxygen atoms in total. The molecule has 0 bridgehead atoms. The molecule has 0 saturated heterocycles. The maximum Gasteiger partial charge on any atom is 0.251 e. The Balaban J connectivity index is 0.00000161. The molecule has 0 heterocycles. The molecular formula is C27H38N4O. The Morgan fingerprint density at radius 3 is 2.16 bits per heavy atom. The maximum absolute atomic E-state index is 11.7. The monoisotopic (exact) mass is 434 g/mol. The largest absolute Gasteiger partial charge is 0.355 e. The van der Waals surface area contributed by atoms with Crippen LogP contribution in [0.3, 0.4) is 0 Å². The van der Waals surface area contributed by atoms with E-state index in [2.05, 4.69) is 55.5 Å². The SMILES string of the molecule is C/C=C(\N=C(C)Cc1cc(C)c(NC=NC)cc1C)c1ccc(C(=O)NC)cc1.CCC. The number of amides is 1. The third kappa shape index (κ3) is 8.14. The summed E-state index contributed by atoms with van der Waals surface area (Å²) in [5.41, 5.74) is 8.28. The summed E-state index contributed by atoms with van der Waals surface area (Å²) < 4.78 is 0. The van der Waals surface area contributed by atoms with Crippen molar-refractivity contribution in [2.75, 3.05) is 19.4 Å². The predicted molar refractivity (Wildman–Crippen MR) is 140 cm³/mol. The van der Waals surface area contributed by atoms with E-state index in [0.29, 0.717) is 5.56 Å². The summed E-state index contributed by atoms with van der Waals surface area (Å²) in [7, 11) is 3.37. The zero-order valence-corrected chi connectivity index (χ0v) is 20.8. The molecule has 0 aliphatic rings. The molecule has 172 valence electrons. The fraction of sp³-hybridized carbons (Fsp3) is 0.370. The average molecular weight is 435 g/mol. The summed E-state index contributed by atoms with van der Waals surface area (Å²) in [4.78, 5) is 20.5. The third-order valence-electron chi connectivity index (χ3n) is 4.73. The molecule has 0 spiro atoms. The molecule has 1 amide bonds. The van der Waals surface area contributed by atoms with E-state index in [-0.39, 0.29) is 5.91 Å². The van der Waals surface area contributed by atoms with Crippen molar-refractivity contribution in [3.05, 3.63) is 70.3 Å². The molecule has 0 aliphatic carbocycles. The molecule has 0 radical (unpaired) electrons. The number of carbonyl (C=O) groups excluding carboxylic acids is 1. The minimum atomic E-state index is -0.0905. The number of aliphatic imine (C=N–C) groups is 2. The summed E-state index contributed by atoms with van der Waals surface area (Å²) in [5, 5.41) is 5.84. The van der Waals surface area contributed by atoms with Crippen LogP contribution in [0.15, 0.2) is 52.5 Å². The number of rotatable bonds is 7. The second-order valence-corrected chi connectivity index (χ2v) is 7.69. The van der Waals surface area contributed by atoms with Crippen molar-refractivity contribution in [3.8, 4) is 0 Å². The number of anilines is 1. The van der Waals surface area contributed by atoms with Crippen LogP contribution < -0.4 is 10.6 Å². The fourth-order valence-electron chi connectivity index (χ4n) is 3.11. The van der Waals surface area contributed by atoms with Crippen molar-refractivity contribution in [1.29, 1.82) is 0 Å². The number of hydrogen-bond donors (Lipinski definition) is 2. The number of nitrogens with one attached hydrogen (secondary N) is 2. The zero-order chi connectivity index (χ0) is 24.1. The number of hydrogen-bond acceptors (Lipinski definition) is 3. The van der Waals surface area contributed by atoms with Crippen molar-refractivity contribution >= 4 is 29.3 Å². The van der Waals surface area contributed by atoms with Gasteiger partial charge < -0.3 is 10.6 Å². The summed E-state index contributed by atoms with van der Waals surface area (Å²) in [6.07, 6.45) is 5.72. The maximum atomic E-state index is 11.7. The lowest BCUT2D eigenvalue weighted by atomic mass is 9.99. The Morgan fingerprint density at radius 2 is 1.62 bits per heavy atom. The minimum absolute atomic E-state index is 0.0905. The second kappa shape index (κ2) is 14.0. The van der Waals surface area contributed by atoms with E-state index in [1.807, 2.05) is 44.2 Å². The van der Waals surface area contributed by atoms with Crippen LogP contribution in [-0.4, -0.2) is 32.1 Å². The summed E-state index contributed by atoms with van der Waals surface area (Å²) >= 11 is 0. The minimum Gasteiger partial charge on any atom is -0.355 e. The first-order valence-corrected chi connectivity index (χ1v) is 11.1. The first-order valence-electron chi connectivity index (χ1n) is 11.1. The molecule has 2 aromatic rings. The van der Waals surface area contributed by atoms with Crippen molar-refractivity contribution in [2.24, 2.45) is 9.98 Å². The number of allylic oxidation sites excluding steroid dienone is 1. The van der Waals surface area contributed by atoms with Crippen LogP contribution in [0.2, 0.25) is 0 Å². The van der Waals surface area contributed by atoms with Gasteiger partial charge in [-0.2, -0.15) is 0 Å². The Morgan fingerprint density at radius 1 is 1.03 bits per heavy atom. The highest BCUT2D eigenvalue weighted by Crippen LogP contribution is 2.22. The molecule has 2 aromatic carbocycles. The summed E-state index contributed by atoms with van der Waals surface area (Å²) in [5.74, 6) is -0.0905. The second-order valence-electron chi connectivity index (χ2n) is 7.69. The van der Waals surface area contributed by atoms with Gasteiger partial charge in [-0.25, -0.2) is 0 Å². The van der Waals surface area contributed by atoms with Gasteiger partial charge in [0.15, 0.2) is 0 Å². The fourth-order valence-corrected chi connectivity index (χ4v) is 3.11. The van der Waals surface area contributed by atoms with Crippen LogP contribution in [0.1, 0.15) is 66.7 Å². The quantitative estimate of drug-likeness (QED) is 0.402.